The van der Waals surface area contributed by atoms with E-state index in [0.29, 0.717) is 36.1 Å². The highest BCUT2D eigenvalue weighted by Gasteiger charge is 2.29. The number of carbonyl (C=O) groups excluding carboxylic acids is 1. The molecule has 0 radical (unpaired) electrons. The number of nitrogens with zero attached hydrogens (tertiary/aromatic N) is 5. The zero-order valence-electron chi connectivity index (χ0n) is 14.9. The van der Waals surface area contributed by atoms with Crippen molar-refractivity contribution in [1.29, 1.82) is 0 Å². The Morgan fingerprint density at radius 1 is 1.27 bits per heavy atom. The predicted octanol–water partition coefficient (Wildman–Crippen LogP) is 1.99. The van der Waals surface area contributed by atoms with E-state index < -0.39 is 0 Å². The molecule has 1 aromatic carbocycles. The number of hydrogen-bond acceptors (Lipinski definition) is 6. The molecule has 0 bridgehead atoms. The minimum atomic E-state index is -0.0187. The van der Waals surface area contributed by atoms with E-state index in [1.165, 1.54) is 0 Å². The summed E-state index contributed by atoms with van der Waals surface area (Å²) in [6.07, 6.45) is 0.730. The molecule has 0 atom stereocenters. The smallest absolute Gasteiger partial charge is 0.278 e. The summed E-state index contributed by atoms with van der Waals surface area (Å²) in [5.74, 6) is 1.65. The highest BCUT2D eigenvalue weighted by atomic mass is 16.5. The fourth-order valence-corrected chi connectivity index (χ4v) is 3.25. The summed E-state index contributed by atoms with van der Waals surface area (Å²) in [5, 5.41) is 8.37. The van der Waals surface area contributed by atoms with Crippen LogP contribution in [0.2, 0.25) is 0 Å². The van der Waals surface area contributed by atoms with E-state index in [4.69, 9.17) is 9.26 Å². The Morgan fingerprint density at radius 3 is 2.69 bits per heavy atom. The molecule has 134 valence electrons. The lowest BCUT2D eigenvalue weighted by molar-refractivity contribution is 0.0733. The molecule has 1 amide bonds. The molecule has 0 spiro atoms. The van der Waals surface area contributed by atoms with Gasteiger partial charge in [0.25, 0.3) is 11.8 Å². The molecular weight excluding hydrogens is 334 g/mol. The first-order valence-corrected chi connectivity index (χ1v) is 8.35. The lowest BCUT2D eigenvalue weighted by Crippen LogP contribution is -2.36. The van der Waals surface area contributed by atoms with Gasteiger partial charge in [0.2, 0.25) is 0 Å². The van der Waals surface area contributed by atoms with Crippen LogP contribution in [0.15, 0.2) is 28.8 Å². The largest absolute Gasteiger partial charge is 0.497 e. The van der Waals surface area contributed by atoms with Gasteiger partial charge in [-0.05, 0) is 31.2 Å². The van der Waals surface area contributed by atoms with Crippen LogP contribution in [0.3, 0.4) is 0 Å². The number of hydrogen-bond donors (Lipinski definition) is 0. The number of amides is 1. The van der Waals surface area contributed by atoms with E-state index in [2.05, 4.69) is 15.2 Å². The average Bonchev–Trinajstić information content (AvgIpc) is 3.24. The maximum atomic E-state index is 12.9. The molecule has 0 aliphatic carbocycles. The normalized spacial score (nSPS) is 13.6. The number of rotatable bonds is 3. The Morgan fingerprint density at radius 2 is 2.04 bits per heavy atom. The number of carbonyl (C=O) groups is 1. The van der Waals surface area contributed by atoms with Crippen LogP contribution in [0.1, 0.15) is 27.4 Å². The summed E-state index contributed by atoms with van der Waals surface area (Å²) >= 11 is 0. The van der Waals surface area contributed by atoms with Gasteiger partial charge in [-0.25, -0.2) is 0 Å². The summed E-state index contributed by atoms with van der Waals surface area (Å²) in [7, 11) is 3.50. The standard InChI is InChI=1S/C18H19N5O3/c1-11-19-17(26-21-11)16-14-10-23(9-8-15(14)22(2)20-16)18(24)12-4-6-13(25-3)7-5-12/h4-7H,8-10H2,1-3H3. The molecule has 1 aliphatic heterocycles. The summed E-state index contributed by atoms with van der Waals surface area (Å²) in [4.78, 5) is 19.0. The van der Waals surface area contributed by atoms with E-state index in [1.54, 1.807) is 38.3 Å². The number of ether oxygens (including phenoxy) is 1. The van der Waals surface area contributed by atoms with E-state index >= 15 is 0 Å². The summed E-state index contributed by atoms with van der Waals surface area (Å²) in [5.41, 5.74) is 3.34. The van der Waals surface area contributed by atoms with Crippen LogP contribution >= 0.6 is 0 Å². The zero-order chi connectivity index (χ0) is 18.3. The van der Waals surface area contributed by atoms with Crippen molar-refractivity contribution >= 4 is 5.91 Å². The van der Waals surface area contributed by atoms with Crippen LogP contribution < -0.4 is 4.74 Å². The lowest BCUT2D eigenvalue weighted by Gasteiger charge is -2.27. The van der Waals surface area contributed by atoms with Gasteiger partial charge in [-0.1, -0.05) is 5.16 Å². The second-order valence-corrected chi connectivity index (χ2v) is 6.25. The van der Waals surface area contributed by atoms with Crippen LogP contribution in [0.25, 0.3) is 11.6 Å². The predicted molar refractivity (Wildman–Crippen MR) is 92.7 cm³/mol. The van der Waals surface area contributed by atoms with Gasteiger partial charge in [0.05, 0.1) is 13.7 Å². The molecule has 0 fully saturated rings. The number of aromatic nitrogens is 4. The fraction of sp³-hybridized carbons (Fsp3) is 0.333. The Hall–Kier alpha value is -3.16. The van der Waals surface area contributed by atoms with Crippen LogP contribution in [0.4, 0.5) is 0 Å². The van der Waals surface area contributed by atoms with Crippen molar-refractivity contribution in [2.75, 3.05) is 13.7 Å². The highest BCUT2D eigenvalue weighted by molar-refractivity contribution is 5.94. The third kappa shape index (κ3) is 2.73. The Bertz CT molecular complexity index is 958. The number of benzene rings is 1. The topological polar surface area (TPSA) is 86.3 Å². The van der Waals surface area contributed by atoms with E-state index in [9.17, 15) is 4.79 Å². The average molecular weight is 353 g/mol. The van der Waals surface area contributed by atoms with Crippen molar-refractivity contribution in [2.45, 2.75) is 19.9 Å². The molecular formula is C18H19N5O3. The first-order chi connectivity index (χ1) is 12.6. The van der Waals surface area contributed by atoms with Crippen molar-refractivity contribution in [2.24, 2.45) is 7.05 Å². The first-order valence-electron chi connectivity index (χ1n) is 8.35. The van der Waals surface area contributed by atoms with Crippen LogP contribution in [0, 0.1) is 6.92 Å². The van der Waals surface area contributed by atoms with Crippen molar-refractivity contribution in [3.05, 3.63) is 46.9 Å². The van der Waals surface area contributed by atoms with Gasteiger partial charge in [-0.3, -0.25) is 9.48 Å². The zero-order valence-corrected chi connectivity index (χ0v) is 14.9. The van der Waals surface area contributed by atoms with Crippen LogP contribution in [-0.2, 0) is 20.0 Å². The molecule has 3 heterocycles. The van der Waals surface area contributed by atoms with Gasteiger partial charge in [-0.2, -0.15) is 10.1 Å². The minimum absolute atomic E-state index is 0.0187. The van der Waals surface area contributed by atoms with Gasteiger partial charge in [0.15, 0.2) is 11.5 Å². The van der Waals surface area contributed by atoms with Gasteiger partial charge >= 0.3 is 0 Å². The Balaban J connectivity index is 1.63. The van der Waals surface area contributed by atoms with Gasteiger partial charge < -0.3 is 14.2 Å². The molecule has 4 rings (SSSR count). The maximum absolute atomic E-state index is 12.9. The summed E-state index contributed by atoms with van der Waals surface area (Å²) < 4.78 is 12.3. The van der Waals surface area contributed by atoms with E-state index in [0.717, 1.165) is 23.4 Å². The van der Waals surface area contributed by atoms with Crippen molar-refractivity contribution in [3.63, 3.8) is 0 Å². The molecule has 0 saturated heterocycles. The number of aryl methyl sites for hydroxylation is 2. The molecule has 0 unspecified atom stereocenters. The maximum Gasteiger partial charge on any atom is 0.278 e. The number of methoxy groups -OCH3 is 1. The molecule has 26 heavy (non-hydrogen) atoms. The lowest BCUT2D eigenvalue weighted by atomic mass is 10.0. The third-order valence-electron chi connectivity index (χ3n) is 4.60. The second-order valence-electron chi connectivity index (χ2n) is 6.25. The minimum Gasteiger partial charge on any atom is -0.497 e. The van der Waals surface area contributed by atoms with Gasteiger partial charge in [0, 0.05) is 36.8 Å². The first kappa shape index (κ1) is 16.3. The SMILES string of the molecule is COc1ccc(C(=O)N2CCc3c(c(-c4nc(C)no4)nn3C)C2)cc1. The molecule has 0 saturated carbocycles. The molecule has 3 aromatic rings. The molecule has 8 nitrogen and oxygen atoms in total. The molecule has 0 N–H and O–H groups in total. The van der Waals surface area contributed by atoms with Crippen LogP contribution in [-0.4, -0.2) is 44.4 Å². The molecule has 1 aliphatic rings. The van der Waals surface area contributed by atoms with E-state index in [1.807, 2.05) is 16.6 Å². The summed E-state index contributed by atoms with van der Waals surface area (Å²) in [6, 6.07) is 7.14. The second kappa shape index (κ2) is 6.29. The van der Waals surface area contributed by atoms with Crippen molar-refractivity contribution in [3.8, 4) is 17.3 Å². The van der Waals surface area contributed by atoms with Crippen LogP contribution in [0.5, 0.6) is 5.75 Å². The monoisotopic (exact) mass is 353 g/mol. The van der Waals surface area contributed by atoms with E-state index in [-0.39, 0.29) is 5.91 Å². The summed E-state index contributed by atoms with van der Waals surface area (Å²) in [6.45, 7) is 2.87. The quantitative estimate of drug-likeness (QED) is 0.716. The molecule has 2 aromatic heterocycles. The van der Waals surface area contributed by atoms with Crippen molar-refractivity contribution in [1.82, 2.24) is 24.8 Å². The van der Waals surface area contributed by atoms with Gasteiger partial charge in [0.1, 0.15) is 5.75 Å². The fourth-order valence-electron chi connectivity index (χ4n) is 3.25. The van der Waals surface area contributed by atoms with Crippen molar-refractivity contribution < 1.29 is 14.1 Å². The highest BCUT2D eigenvalue weighted by Crippen LogP contribution is 2.29. The number of fused-ring (bicyclic) bond motifs is 1. The Labute approximate surface area is 150 Å². The Kier molecular flexibility index (Phi) is 3.95. The van der Waals surface area contributed by atoms with Gasteiger partial charge in [-0.15, -0.1) is 0 Å². The molecule has 8 heteroatoms. The third-order valence-corrected chi connectivity index (χ3v) is 4.60.